The van der Waals surface area contributed by atoms with Crippen LogP contribution in [0.2, 0.25) is 0 Å². The second kappa shape index (κ2) is 7.77. The molecule has 4 nitrogen and oxygen atoms in total. The van der Waals surface area contributed by atoms with E-state index in [9.17, 15) is 8.42 Å². The lowest BCUT2D eigenvalue weighted by atomic mass is 9.41. The number of benzene rings is 2. The Morgan fingerprint density at radius 2 is 1.24 bits per heavy atom. The van der Waals surface area contributed by atoms with Crippen LogP contribution in [0.15, 0.2) is 58.3 Å². The molecule has 0 radical (unpaired) electrons. The van der Waals surface area contributed by atoms with Gasteiger partial charge in [0.1, 0.15) is 5.75 Å². The van der Waals surface area contributed by atoms with E-state index in [0.717, 1.165) is 12.2 Å². The van der Waals surface area contributed by atoms with Crippen molar-refractivity contribution in [2.45, 2.75) is 44.4 Å². The molecule has 0 N–H and O–H groups in total. The Bertz CT molecular complexity index is 925. The SMILES string of the molecule is COCC1C(C)(C)C(COc2ccc(S(=O)(=O)c3ccc(C)cc3)cc2)C1(C)C. The minimum absolute atomic E-state index is 0.133. The van der Waals surface area contributed by atoms with Crippen molar-refractivity contribution in [2.75, 3.05) is 20.3 Å². The molecule has 0 heterocycles. The smallest absolute Gasteiger partial charge is 0.206 e. The van der Waals surface area contributed by atoms with E-state index in [2.05, 4.69) is 27.7 Å². The van der Waals surface area contributed by atoms with Crippen LogP contribution >= 0.6 is 0 Å². The third-order valence-corrected chi connectivity index (χ3v) is 8.59. The topological polar surface area (TPSA) is 52.6 Å². The predicted molar refractivity (Wildman–Crippen MR) is 115 cm³/mol. The number of rotatable bonds is 7. The Hall–Kier alpha value is -1.85. The van der Waals surface area contributed by atoms with Gasteiger partial charge in [-0.2, -0.15) is 0 Å². The quantitative estimate of drug-likeness (QED) is 0.626. The van der Waals surface area contributed by atoms with Gasteiger partial charge >= 0.3 is 0 Å². The third kappa shape index (κ3) is 3.95. The molecule has 0 aromatic heterocycles. The average molecular weight is 417 g/mol. The first-order valence-corrected chi connectivity index (χ1v) is 11.5. The standard InChI is InChI=1S/C24H32O4S/c1-17-7-11-19(12-8-17)29(25,26)20-13-9-18(10-14-20)28-16-22-23(2,3)21(15-27-6)24(22,4)5/h7-14,21-22H,15-16H2,1-6H3. The molecule has 0 amide bonds. The van der Waals surface area contributed by atoms with E-state index in [1.165, 1.54) is 0 Å². The van der Waals surface area contributed by atoms with Gasteiger partial charge in [-0.3, -0.25) is 0 Å². The maximum atomic E-state index is 12.8. The van der Waals surface area contributed by atoms with Gasteiger partial charge in [-0.1, -0.05) is 45.4 Å². The Morgan fingerprint density at radius 1 is 0.793 bits per heavy atom. The van der Waals surface area contributed by atoms with Gasteiger partial charge in [0.05, 0.1) is 23.0 Å². The van der Waals surface area contributed by atoms with Crippen LogP contribution in [0.1, 0.15) is 33.3 Å². The lowest BCUT2D eigenvalue weighted by Crippen LogP contribution is -2.62. The molecule has 1 fully saturated rings. The van der Waals surface area contributed by atoms with Crippen molar-refractivity contribution in [3.63, 3.8) is 0 Å². The molecule has 0 unspecified atom stereocenters. The molecule has 0 saturated heterocycles. The van der Waals surface area contributed by atoms with Crippen molar-refractivity contribution in [1.82, 2.24) is 0 Å². The highest BCUT2D eigenvalue weighted by molar-refractivity contribution is 7.91. The minimum atomic E-state index is -3.52. The summed E-state index contributed by atoms with van der Waals surface area (Å²) in [4.78, 5) is 0.581. The Kier molecular flexibility index (Phi) is 5.85. The second-order valence-electron chi connectivity index (χ2n) is 9.30. The number of hydrogen-bond acceptors (Lipinski definition) is 4. The molecule has 0 atom stereocenters. The minimum Gasteiger partial charge on any atom is -0.493 e. The Morgan fingerprint density at radius 3 is 1.72 bits per heavy atom. The van der Waals surface area contributed by atoms with Gasteiger partial charge in [0.2, 0.25) is 9.84 Å². The first-order valence-electron chi connectivity index (χ1n) is 10.0. The van der Waals surface area contributed by atoms with Crippen molar-refractivity contribution >= 4 is 9.84 Å². The van der Waals surface area contributed by atoms with E-state index in [4.69, 9.17) is 9.47 Å². The fraction of sp³-hybridized carbons (Fsp3) is 0.500. The van der Waals surface area contributed by atoms with Gasteiger partial charge in [0, 0.05) is 13.0 Å². The van der Waals surface area contributed by atoms with E-state index in [1.54, 1.807) is 43.5 Å². The fourth-order valence-electron chi connectivity index (χ4n) is 5.08. The third-order valence-electron chi connectivity index (χ3n) is 6.81. The van der Waals surface area contributed by atoms with E-state index in [1.807, 2.05) is 19.1 Å². The molecule has 158 valence electrons. The van der Waals surface area contributed by atoms with Crippen molar-refractivity contribution < 1.29 is 17.9 Å². The summed E-state index contributed by atoms with van der Waals surface area (Å²) in [5.41, 5.74) is 1.30. The van der Waals surface area contributed by atoms with Gasteiger partial charge in [-0.15, -0.1) is 0 Å². The highest BCUT2D eigenvalue weighted by atomic mass is 32.2. The molecular formula is C24H32O4S. The van der Waals surface area contributed by atoms with Crippen molar-refractivity contribution in [3.8, 4) is 5.75 Å². The summed E-state index contributed by atoms with van der Waals surface area (Å²) in [5, 5.41) is 0. The van der Waals surface area contributed by atoms with Crippen LogP contribution in [-0.4, -0.2) is 28.7 Å². The normalized spacial score (nSPS) is 22.7. The Labute approximate surface area is 175 Å². The summed E-state index contributed by atoms with van der Waals surface area (Å²) in [5.74, 6) is 1.57. The number of hydrogen-bond donors (Lipinski definition) is 0. The van der Waals surface area contributed by atoms with Gasteiger partial charge in [-0.05, 0) is 60.1 Å². The summed E-state index contributed by atoms with van der Waals surface area (Å²) in [6.07, 6.45) is 0. The highest BCUT2D eigenvalue weighted by Crippen LogP contribution is 2.63. The van der Waals surface area contributed by atoms with Gasteiger partial charge in [0.25, 0.3) is 0 Å². The monoisotopic (exact) mass is 416 g/mol. The summed E-state index contributed by atoms with van der Waals surface area (Å²) < 4.78 is 37.1. The molecule has 0 aliphatic heterocycles. The van der Waals surface area contributed by atoms with Crippen LogP contribution in [0, 0.1) is 29.6 Å². The van der Waals surface area contributed by atoms with Crippen LogP contribution in [0.5, 0.6) is 5.75 Å². The molecule has 0 spiro atoms. The molecule has 1 aliphatic rings. The average Bonchev–Trinajstić information content (AvgIpc) is 2.66. The van der Waals surface area contributed by atoms with Crippen LogP contribution in [-0.2, 0) is 14.6 Å². The van der Waals surface area contributed by atoms with E-state index in [0.29, 0.717) is 29.1 Å². The highest BCUT2D eigenvalue weighted by Gasteiger charge is 2.61. The molecule has 1 aliphatic carbocycles. The Balaban J connectivity index is 1.69. The second-order valence-corrected chi connectivity index (χ2v) is 11.3. The molecule has 1 saturated carbocycles. The van der Waals surface area contributed by atoms with Crippen molar-refractivity contribution in [3.05, 3.63) is 54.1 Å². The summed E-state index contributed by atoms with van der Waals surface area (Å²) in [7, 11) is -1.77. The fourth-order valence-corrected chi connectivity index (χ4v) is 6.34. The lowest BCUT2D eigenvalue weighted by molar-refractivity contribution is -0.194. The molecule has 2 aromatic rings. The van der Waals surface area contributed by atoms with Crippen LogP contribution in [0.4, 0.5) is 0 Å². The van der Waals surface area contributed by atoms with Crippen molar-refractivity contribution in [1.29, 1.82) is 0 Å². The van der Waals surface area contributed by atoms with Crippen LogP contribution in [0.25, 0.3) is 0 Å². The number of aryl methyl sites for hydroxylation is 1. The molecule has 2 aromatic carbocycles. The zero-order valence-corrected chi connectivity index (χ0v) is 19.0. The molecule has 29 heavy (non-hydrogen) atoms. The maximum Gasteiger partial charge on any atom is 0.206 e. The first kappa shape index (κ1) is 21.8. The van der Waals surface area contributed by atoms with Crippen LogP contribution in [0.3, 0.4) is 0 Å². The van der Waals surface area contributed by atoms with Gasteiger partial charge in [-0.25, -0.2) is 8.42 Å². The summed E-state index contributed by atoms with van der Waals surface area (Å²) >= 11 is 0. The van der Waals surface area contributed by atoms with Crippen LogP contribution < -0.4 is 4.74 Å². The lowest BCUT2D eigenvalue weighted by Gasteiger charge is -2.64. The zero-order valence-electron chi connectivity index (χ0n) is 18.2. The zero-order chi connectivity index (χ0) is 21.4. The largest absolute Gasteiger partial charge is 0.493 e. The first-order chi connectivity index (χ1) is 13.5. The molecular weight excluding hydrogens is 384 g/mol. The maximum absolute atomic E-state index is 12.8. The number of methoxy groups -OCH3 is 1. The van der Waals surface area contributed by atoms with E-state index >= 15 is 0 Å². The molecule has 3 rings (SSSR count). The van der Waals surface area contributed by atoms with E-state index in [-0.39, 0.29) is 15.7 Å². The van der Waals surface area contributed by atoms with Crippen molar-refractivity contribution in [2.24, 2.45) is 22.7 Å². The predicted octanol–water partition coefficient (Wildman–Crippen LogP) is 5.15. The summed E-state index contributed by atoms with van der Waals surface area (Å²) in [6.45, 7) is 12.4. The van der Waals surface area contributed by atoms with Gasteiger partial charge in [0.15, 0.2) is 0 Å². The number of sulfone groups is 1. The van der Waals surface area contributed by atoms with Gasteiger partial charge < -0.3 is 9.47 Å². The molecule has 0 bridgehead atoms. The van der Waals surface area contributed by atoms with E-state index < -0.39 is 9.84 Å². The molecule has 5 heteroatoms. The summed E-state index contributed by atoms with van der Waals surface area (Å²) in [6, 6.07) is 13.6. The number of ether oxygens (including phenoxy) is 2.